The lowest BCUT2D eigenvalue weighted by Crippen LogP contribution is -2.48. The molecule has 0 aromatic rings. The number of likely N-dealkylation sites (tertiary alicyclic amines) is 2. The molecule has 3 unspecified atom stereocenters. The Kier molecular flexibility index (Phi) is 3.69. The molecule has 98 valence electrons. The second-order valence-corrected chi connectivity index (χ2v) is 6.33. The SMILES string of the molecule is CC1CNCC(N2CCC(N3CCCC3)C2)C1. The van der Waals surface area contributed by atoms with E-state index in [0.29, 0.717) is 0 Å². The van der Waals surface area contributed by atoms with Crippen molar-refractivity contribution < 1.29 is 0 Å². The predicted molar refractivity (Wildman–Crippen MR) is 71.2 cm³/mol. The molecule has 0 aromatic carbocycles. The van der Waals surface area contributed by atoms with Crippen molar-refractivity contribution in [1.82, 2.24) is 15.1 Å². The summed E-state index contributed by atoms with van der Waals surface area (Å²) in [7, 11) is 0. The second-order valence-electron chi connectivity index (χ2n) is 6.33. The Hall–Kier alpha value is -0.120. The van der Waals surface area contributed by atoms with E-state index in [2.05, 4.69) is 22.0 Å². The highest BCUT2D eigenvalue weighted by Gasteiger charge is 2.33. The van der Waals surface area contributed by atoms with E-state index in [4.69, 9.17) is 0 Å². The molecule has 1 N–H and O–H groups in total. The molecule has 0 radical (unpaired) electrons. The Morgan fingerprint density at radius 1 is 0.941 bits per heavy atom. The van der Waals surface area contributed by atoms with E-state index in [0.717, 1.165) is 18.0 Å². The Labute approximate surface area is 106 Å². The summed E-state index contributed by atoms with van der Waals surface area (Å²) in [5, 5.41) is 3.59. The van der Waals surface area contributed by atoms with Crippen molar-refractivity contribution in [3.05, 3.63) is 0 Å². The highest BCUT2D eigenvalue weighted by Crippen LogP contribution is 2.24. The van der Waals surface area contributed by atoms with Gasteiger partial charge in [-0.15, -0.1) is 0 Å². The first-order valence-electron chi connectivity index (χ1n) is 7.52. The predicted octanol–water partition coefficient (Wildman–Crippen LogP) is 1.15. The summed E-state index contributed by atoms with van der Waals surface area (Å²) >= 11 is 0. The molecular weight excluding hydrogens is 210 g/mol. The van der Waals surface area contributed by atoms with Crippen LogP contribution in [0.25, 0.3) is 0 Å². The Balaban J connectivity index is 1.52. The molecule has 3 nitrogen and oxygen atoms in total. The zero-order valence-corrected chi connectivity index (χ0v) is 11.2. The van der Waals surface area contributed by atoms with Gasteiger partial charge < -0.3 is 5.32 Å². The van der Waals surface area contributed by atoms with Gasteiger partial charge in [0.15, 0.2) is 0 Å². The van der Waals surface area contributed by atoms with E-state index >= 15 is 0 Å². The number of hydrogen-bond donors (Lipinski definition) is 1. The van der Waals surface area contributed by atoms with Crippen LogP contribution < -0.4 is 5.32 Å². The van der Waals surface area contributed by atoms with Crippen LogP contribution in [0.4, 0.5) is 0 Å². The van der Waals surface area contributed by atoms with E-state index in [1.165, 1.54) is 65.0 Å². The molecule has 0 aromatic heterocycles. The Morgan fingerprint density at radius 3 is 2.53 bits per heavy atom. The quantitative estimate of drug-likeness (QED) is 0.777. The van der Waals surface area contributed by atoms with E-state index in [9.17, 15) is 0 Å². The van der Waals surface area contributed by atoms with E-state index < -0.39 is 0 Å². The fourth-order valence-corrected chi connectivity index (χ4v) is 3.91. The first kappa shape index (κ1) is 11.9. The highest BCUT2D eigenvalue weighted by atomic mass is 15.3. The number of piperidine rings is 1. The maximum atomic E-state index is 3.59. The minimum absolute atomic E-state index is 0.811. The lowest BCUT2D eigenvalue weighted by molar-refractivity contribution is 0.158. The monoisotopic (exact) mass is 237 g/mol. The molecule has 0 saturated carbocycles. The summed E-state index contributed by atoms with van der Waals surface area (Å²) in [6, 6.07) is 1.68. The zero-order chi connectivity index (χ0) is 11.7. The summed E-state index contributed by atoms with van der Waals surface area (Å²) in [5.41, 5.74) is 0. The lowest BCUT2D eigenvalue weighted by Gasteiger charge is -2.35. The minimum atomic E-state index is 0.811. The largest absolute Gasteiger partial charge is 0.315 e. The van der Waals surface area contributed by atoms with Gasteiger partial charge in [-0.05, 0) is 51.2 Å². The summed E-state index contributed by atoms with van der Waals surface area (Å²) in [6.45, 7) is 10.2. The third-order valence-corrected chi connectivity index (χ3v) is 4.92. The highest BCUT2D eigenvalue weighted by molar-refractivity contribution is 4.91. The van der Waals surface area contributed by atoms with Gasteiger partial charge in [-0.25, -0.2) is 0 Å². The third kappa shape index (κ3) is 2.67. The van der Waals surface area contributed by atoms with Gasteiger partial charge in [-0.3, -0.25) is 9.80 Å². The third-order valence-electron chi connectivity index (χ3n) is 4.92. The van der Waals surface area contributed by atoms with E-state index in [1.807, 2.05) is 0 Å². The molecule has 3 saturated heterocycles. The van der Waals surface area contributed by atoms with Crippen LogP contribution in [0.1, 0.15) is 32.6 Å². The normalized spacial score (nSPS) is 41.1. The fraction of sp³-hybridized carbons (Fsp3) is 1.00. The molecular formula is C14H27N3. The van der Waals surface area contributed by atoms with Gasteiger partial charge in [-0.2, -0.15) is 0 Å². The average Bonchev–Trinajstić information content (AvgIpc) is 3.00. The lowest BCUT2D eigenvalue weighted by atomic mass is 9.97. The minimum Gasteiger partial charge on any atom is -0.315 e. The van der Waals surface area contributed by atoms with Gasteiger partial charge in [0.1, 0.15) is 0 Å². The summed E-state index contributed by atoms with van der Waals surface area (Å²) < 4.78 is 0. The van der Waals surface area contributed by atoms with Crippen molar-refractivity contribution >= 4 is 0 Å². The van der Waals surface area contributed by atoms with Crippen LogP contribution >= 0.6 is 0 Å². The van der Waals surface area contributed by atoms with Gasteiger partial charge in [0.25, 0.3) is 0 Å². The zero-order valence-electron chi connectivity index (χ0n) is 11.2. The van der Waals surface area contributed by atoms with Crippen LogP contribution in [0.2, 0.25) is 0 Å². The summed E-state index contributed by atoms with van der Waals surface area (Å²) in [5.74, 6) is 0.861. The molecule has 3 heteroatoms. The first-order chi connectivity index (χ1) is 8.33. The van der Waals surface area contributed by atoms with Crippen molar-refractivity contribution in [1.29, 1.82) is 0 Å². The maximum absolute atomic E-state index is 3.59. The Morgan fingerprint density at radius 2 is 1.76 bits per heavy atom. The van der Waals surface area contributed by atoms with E-state index in [1.54, 1.807) is 0 Å². The van der Waals surface area contributed by atoms with Crippen molar-refractivity contribution in [2.75, 3.05) is 39.3 Å². The van der Waals surface area contributed by atoms with Crippen molar-refractivity contribution in [2.45, 2.75) is 44.7 Å². The molecule has 3 aliphatic heterocycles. The molecule has 0 amide bonds. The maximum Gasteiger partial charge on any atom is 0.0235 e. The number of nitrogens with zero attached hydrogens (tertiary/aromatic N) is 2. The van der Waals surface area contributed by atoms with Crippen LogP contribution in [-0.4, -0.2) is 61.2 Å². The fourth-order valence-electron chi connectivity index (χ4n) is 3.91. The smallest absolute Gasteiger partial charge is 0.0235 e. The first-order valence-corrected chi connectivity index (χ1v) is 7.52. The van der Waals surface area contributed by atoms with Crippen molar-refractivity contribution in [3.8, 4) is 0 Å². The van der Waals surface area contributed by atoms with Crippen molar-refractivity contribution in [3.63, 3.8) is 0 Å². The molecule has 0 spiro atoms. The van der Waals surface area contributed by atoms with Crippen LogP contribution in [0.5, 0.6) is 0 Å². The number of rotatable bonds is 2. The number of hydrogen-bond acceptors (Lipinski definition) is 3. The van der Waals surface area contributed by atoms with Crippen LogP contribution in [0.15, 0.2) is 0 Å². The van der Waals surface area contributed by atoms with Crippen LogP contribution in [0.3, 0.4) is 0 Å². The molecule has 0 aliphatic carbocycles. The molecule has 3 aliphatic rings. The Bertz CT molecular complexity index is 250. The molecule has 0 bridgehead atoms. The standard InChI is InChI=1S/C14H27N3/c1-12-8-14(10-15-9-12)17-7-4-13(11-17)16-5-2-3-6-16/h12-15H,2-11H2,1H3. The van der Waals surface area contributed by atoms with Gasteiger partial charge in [0.05, 0.1) is 0 Å². The van der Waals surface area contributed by atoms with Crippen LogP contribution in [-0.2, 0) is 0 Å². The summed E-state index contributed by atoms with van der Waals surface area (Å²) in [4.78, 5) is 5.49. The van der Waals surface area contributed by atoms with Crippen LogP contribution in [0, 0.1) is 5.92 Å². The van der Waals surface area contributed by atoms with Gasteiger partial charge in [-0.1, -0.05) is 6.92 Å². The molecule has 17 heavy (non-hydrogen) atoms. The molecule has 3 heterocycles. The number of nitrogens with one attached hydrogen (secondary N) is 1. The van der Waals surface area contributed by atoms with Crippen molar-refractivity contribution in [2.24, 2.45) is 5.92 Å². The van der Waals surface area contributed by atoms with Gasteiger partial charge in [0.2, 0.25) is 0 Å². The molecule has 3 fully saturated rings. The molecule has 3 rings (SSSR count). The van der Waals surface area contributed by atoms with Gasteiger partial charge in [0, 0.05) is 31.7 Å². The van der Waals surface area contributed by atoms with E-state index in [-0.39, 0.29) is 0 Å². The summed E-state index contributed by atoms with van der Waals surface area (Å²) in [6.07, 6.45) is 5.67. The average molecular weight is 237 g/mol. The van der Waals surface area contributed by atoms with Gasteiger partial charge >= 0.3 is 0 Å². The second kappa shape index (κ2) is 5.25. The topological polar surface area (TPSA) is 18.5 Å². The molecule has 3 atom stereocenters.